The number of nitrogens with one attached hydrogen (secondary N) is 2. The summed E-state index contributed by atoms with van der Waals surface area (Å²) < 4.78 is 46.4. The number of anilines is 4. The highest BCUT2D eigenvalue weighted by Crippen LogP contribution is 2.47. The molecule has 0 aliphatic carbocycles. The molecule has 0 spiro atoms. The lowest BCUT2D eigenvalue weighted by molar-refractivity contribution is 0.253. The Labute approximate surface area is 215 Å². The van der Waals surface area contributed by atoms with Gasteiger partial charge in [-0.2, -0.15) is 0 Å². The summed E-state index contributed by atoms with van der Waals surface area (Å²) in [4.78, 5) is 19.8. The fourth-order valence-corrected chi connectivity index (χ4v) is 4.31. The first-order chi connectivity index (χ1) is 17.3. The van der Waals surface area contributed by atoms with E-state index in [1.165, 1.54) is 29.3 Å². The molecule has 0 unspecified atom stereocenters. The van der Waals surface area contributed by atoms with Crippen molar-refractivity contribution < 1.29 is 23.1 Å². The average Bonchev–Trinajstić information content (AvgIpc) is 2.93. The number of carbonyl (C=O) groups excluding carboxylic acids is 1. The highest BCUT2D eigenvalue weighted by Gasteiger charge is 2.38. The minimum Gasteiger partial charge on any atom is -0.395 e. The predicted octanol–water partition coefficient (Wildman–Crippen LogP) is 5.56. The molecule has 0 radical (unpaired) electrons. The third-order valence-corrected chi connectivity index (χ3v) is 6.07. The van der Waals surface area contributed by atoms with E-state index in [0.717, 1.165) is 12.1 Å². The lowest BCUT2D eigenvalue weighted by atomic mass is 10.0. The Morgan fingerprint density at radius 1 is 1.00 bits per heavy atom. The van der Waals surface area contributed by atoms with E-state index >= 15 is 13.2 Å². The first-order valence-electron chi connectivity index (χ1n) is 11.1. The third kappa shape index (κ3) is 4.81. The van der Waals surface area contributed by atoms with Gasteiger partial charge in [-0.15, -0.1) is 0 Å². The van der Waals surface area contributed by atoms with Crippen LogP contribution < -0.4 is 20.4 Å². The molecule has 36 heavy (non-hydrogen) atoms. The van der Waals surface area contributed by atoms with E-state index in [2.05, 4.69) is 15.6 Å². The van der Waals surface area contributed by atoms with Crippen LogP contribution in [0.3, 0.4) is 0 Å². The first kappa shape index (κ1) is 26.0. The van der Waals surface area contributed by atoms with Gasteiger partial charge in [-0.25, -0.2) is 22.9 Å². The number of halogens is 5. The molecular formula is C24H22Cl2F3N5O2. The van der Waals surface area contributed by atoms with Crippen molar-refractivity contribution in [2.24, 2.45) is 0 Å². The van der Waals surface area contributed by atoms with Crippen molar-refractivity contribution in [2.75, 3.05) is 47.9 Å². The van der Waals surface area contributed by atoms with Crippen molar-refractivity contribution in [3.8, 4) is 11.1 Å². The van der Waals surface area contributed by atoms with Gasteiger partial charge in [0, 0.05) is 49.2 Å². The van der Waals surface area contributed by atoms with Crippen LogP contribution in [0.5, 0.6) is 0 Å². The number of hydrogen-bond donors (Lipinski definition) is 3. The Morgan fingerprint density at radius 3 is 2.39 bits per heavy atom. The summed E-state index contributed by atoms with van der Waals surface area (Å²) in [5, 5.41) is 14.5. The van der Waals surface area contributed by atoms with E-state index in [9.17, 15) is 4.79 Å². The molecule has 0 fully saturated rings. The largest absolute Gasteiger partial charge is 0.395 e. The molecule has 4 rings (SSSR count). The molecule has 3 aromatic rings. The number of benzene rings is 2. The molecule has 12 heteroatoms. The molecule has 0 saturated heterocycles. The van der Waals surface area contributed by atoms with Gasteiger partial charge < -0.3 is 15.7 Å². The maximum absolute atomic E-state index is 15.5. The summed E-state index contributed by atoms with van der Waals surface area (Å²) in [6.45, 7) is 2.82. The molecule has 7 nitrogen and oxygen atoms in total. The highest BCUT2D eigenvalue weighted by molar-refractivity contribution is 6.32. The van der Waals surface area contributed by atoms with Crippen LogP contribution in [0.4, 0.5) is 40.8 Å². The molecule has 1 aliphatic heterocycles. The Kier molecular flexibility index (Phi) is 7.89. The van der Waals surface area contributed by atoms with Crippen LogP contribution in [0.15, 0.2) is 36.5 Å². The maximum Gasteiger partial charge on any atom is 0.335 e. The highest BCUT2D eigenvalue weighted by atomic mass is 35.5. The van der Waals surface area contributed by atoms with Gasteiger partial charge in [0.1, 0.15) is 11.5 Å². The number of aliphatic hydroxyl groups is 1. The number of carbonyl (C=O) groups is 1. The van der Waals surface area contributed by atoms with Crippen molar-refractivity contribution in [1.82, 2.24) is 10.3 Å². The molecule has 3 N–H and O–H groups in total. The van der Waals surface area contributed by atoms with Gasteiger partial charge in [0.25, 0.3) is 0 Å². The molecule has 1 aliphatic rings. The molecule has 2 amide bonds. The first-order valence-corrected chi connectivity index (χ1v) is 11.8. The van der Waals surface area contributed by atoms with Crippen molar-refractivity contribution in [3.63, 3.8) is 0 Å². The van der Waals surface area contributed by atoms with Gasteiger partial charge in [0.2, 0.25) is 0 Å². The van der Waals surface area contributed by atoms with Gasteiger partial charge in [-0.05, 0) is 31.2 Å². The Hall–Kier alpha value is -3.05. The van der Waals surface area contributed by atoms with Crippen molar-refractivity contribution in [2.45, 2.75) is 6.92 Å². The van der Waals surface area contributed by atoms with E-state index in [-0.39, 0.29) is 40.3 Å². The summed E-state index contributed by atoms with van der Waals surface area (Å²) in [5.74, 6) is -3.05. The summed E-state index contributed by atoms with van der Waals surface area (Å²) in [6, 6.07) is 5.35. The van der Waals surface area contributed by atoms with Crippen LogP contribution in [0, 0.1) is 17.5 Å². The minimum absolute atomic E-state index is 0.0375. The van der Waals surface area contributed by atoms with E-state index in [1.807, 2.05) is 0 Å². The fraction of sp³-hybridized carbons (Fsp3) is 0.250. The lowest BCUT2D eigenvalue weighted by Crippen LogP contribution is -2.41. The molecular weight excluding hydrogens is 518 g/mol. The zero-order chi connectivity index (χ0) is 26.0. The smallest absolute Gasteiger partial charge is 0.335 e. The third-order valence-electron chi connectivity index (χ3n) is 5.57. The fourth-order valence-electron chi connectivity index (χ4n) is 4.00. The predicted molar refractivity (Wildman–Crippen MR) is 135 cm³/mol. The minimum atomic E-state index is -1.09. The van der Waals surface area contributed by atoms with Crippen LogP contribution in [-0.2, 0) is 0 Å². The van der Waals surface area contributed by atoms with Crippen molar-refractivity contribution in [1.29, 1.82) is 0 Å². The van der Waals surface area contributed by atoms with Gasteiger partial charge in [0.15, 0.2) is 17.5 Å². The number of pyridine rings is 1. The van der Waals surface area contributed by atoms with Gasteiger partial charge in [-0.1, -0.05) is 29.3 Å². The molecule has 0 saturated carbocycles. The number of nitrogens with zero attached hydrogens (tertiary/aromatic N) is 3. The molecule has 0 atom stereocenters. The summed E-state index contributed by atoms with van der Waals surface area (Å²) in [5.41, 5.74) is -0.607. The molecule has 190 valence electrons. The standard InChI is InChI=1S/C24H22Cl2F3N5O2/c1-2-33-23-16(9-13(25)12-32-23)15-3-4-17(26)20(29)21(15)34(24(33)36)22-18(27)10-14(11-19(22)28)31-6-5-30-7-8-35/h3-4,9-12,30-31,35H,2,5-8H2,1H3. The summed E-state index contributed by atoms with van der Waals surface area (Å²) in [7, 11) is 0. The number of hydrogen-bond acceptors (Lipinski definition) is 5. The Balaban J connectivity index is 1.86. The Bertz CT molecular complexity index is 1290. The molecule has 2 aromatic carbocycles. The lowest BCUT2D eigenvalue weighted by Gasteiger charge is -2.28. The molecule has 0 bridgehead atoms. The summed E-state index contributed by atoms with van der Waals surface area (Å²) in [6.07, 6.45) is 1.33. The normalized spacial score (nSPS) is 12.9. The molecule has 2 heterocycles. The SMILES string of the molecule is CCN1C(=O)N(c2c(F)cc(NCCNCCO)cc2F)c2c(ccc(Cl)c2F)-c2cc(Cl)cnc21. The van der Waals surface area contributed by atoms with Crippen LogP contribution in [-0.4, -0.2) is 48.9 Å². The van der Waals surface area contributed by atoms with Crippen molar-refractivity contribution >= 4 is 52.1 Å². The monoisotopic (exact) mass is 539 g/mol. The second-order valence-electron chi connectivity index (χ2n) is 7.83. The number of amides is 2. The van der Waals surface area contributed by atoms with E-state index in [1.54, 1.807) is 6.92 Å². The quantitative estimate of drug-likeness (QED) is 0.326. The van der Waals surface area contributed by atoms with E-state index < -0.39 is 34.9 Å². The van der Waals surface area contributed by atoms with Crippen LogP contribution in [0.1, 0.15) is 6.92 Å². The summed E-state index contributed by atoms with van der Waals surface area (Å²) >= 11 is 12.2. The zero-order valence-corrected chi connectivity index (χ0v) is 20.6. The van der Waals surface area contributed by atoms with Gasteiger partial charge >= 0.3 is 6.03 Å². The molecule has 1 aromatic heterocycles. The number of aliphatic hydroxyl groups excluding tert-OH is 1. The van der Waals surface area contributed by atoms with Gasteiger partial charge in [0.05, 0.1) is 22.3 Å². The van der Waals surface area contributed by atoms with Gasteiger partial charge in [-0.3, -0.25) is 9.80 Å². The zero-order valence-electron chi connectivity index (χ0n) is 19.1. The maximum atomic E-state index is 15.5. The number of aromatic nitrogens is 1. The second-order valence-corrected chi connectivity index (χ2v) is 8.68. The van der Waals surface area contributed by atoms with E-state index in [4.69, 9.17) is 28.3 Å². The number of urea groups is 1. The second kappa shape index (κ2) is 10.9. The van der Waals surface area contributed by atoms with Crippen LogP contribution in [0.2, 0.25) is 10.0 Å². The van der Waals surface area contributed by atoms with Crippen LogP contribution >= 0.6 is 23.2 Å². The van der Waals surface area contributed by atoms with E-state index in [0.29, 0.717) is 30.1 Å². The number of fused-ring (bicyclic) bond motifs is 3. The Morgan fingerprint density at radius 2 is 1.72 bits per heavy atom. The van der Waals surface area contributed by atoms with Crippen LogP contribution in [0.25, 0.3) is 11.1 Å². The van der Waals surface area contributed by atoms with Crippen molar-refractivity contribution in [3.05, 3.63) is 64.0 Å². The average molecular weight is 540 g/mol. The number of rotatable bonds is 8. The topological polar surface area (TPSA) is 80.7 Å².